The molecule has 1 saturated heterocycles. The van der Waals surface area contributed by atoms with Crippen molar-refractivity contribution in [3.05, 3.63) is 18.2 Å². The second-order valence-electron chi connectivity index (χ2n) is 4.60. The standard InChI is InChI=1S/C14H20N2O3.ClH/c1-18-12-6-5-11(8-13(12)19-2)16-14(17)10-4-3-7-15-9-10;/h5-6,8,10,15H,3-4,7,9H2,1-2H3,(H,16,17);1H. The van der Waals surface area contributed by atoms with Crippen LogP contribution < -0.4 is 20.1 Å². The minimum atomic E-state index is 0. The van der Waals surface area contributed by atoms with E-state index in [1.807, 2.05) is 6.07 Å². The number of rotatable bonds is 4. The number of hydrogen-bond acceptors (Lipinski definition) is 4. The third-order valence-electron chi connectivity index (χ3n) is 3.32. The fourth-order valence-corrected chi connectivity index (χ4v) is 2.23. The Kier molecular flexibility index (Phi) is 6.61. The van der Waals surface area contributed by atoms with Crippen molar-refractivity contribution in [2.45, 2.75) is 12.8 Å². The molecule has 1 unspecified atom stereocenters. The van der Waals surface area contributed by atoms with Gasteiger partial charge in [0.05, 0.1) is 20.1 Å². The summed E-state index contributed by atoms with van der Waals surface area (Å²) >= 11 is 0. The zero-order chi connectivity index (χ0) is 13.7. The Bertz CT molecular complexity index is 448. The van der Waals surface area contributed by atoms with Crippen LogP contribution in [0.15, 0.2) is 18.2 Å². The number of anilines is 1. The summed E-state index contributed by atoms with van der Waals surface area (Å²) in [6.07, 6.45) is 1.98. The molecule has 0 aliphatic carbocycles. The maximum atomic E-state index is 12.1. The zero-order valence-corrected chi connectivity index (χ0v) is 12.6. The van der Waals surface area contributed by atoms with Gasteiger partial charge in [0.1, 0.15) is 0 Å². The highest BCUT2D eigenvalue weighted by molar-refractivity contribution is 5.93. The molecular weight excluding hydrogens is 280 g/mol. The second kappa shape index (κ2) is 7.97. The molecule has 6 heteroatoms. The summed E-state index contributed by atoms with van der Waals surface area (Å²) in [5, 5.41) is 6.16. The van der Waals surface area contributed by atoms with Crippen molar-refractivity contribution >= 4 is 24.0 Å². The van der Waals surface area contributed by atoms with Gasteiger partial charge in [0.25, 0.3) is 0 Å². The molecule has 0 saturated carbocycles. The van der Waals surface area contributed by atoms with Gasteiger partial charge < -0.3 is 20.1 Å². The zero-order valence-electron chi connectivity index (χ0n) is 11.8. The van der Waals surface area contributed by atoms with E-state index in [9.17, 15) is 4.79 Å². The van der Waals surface area contributed by atoms with E-state index in [1.54, 1.807) is 26.4 Å². The summed E-state index contributed by atoms with van der Waals surface area (Å²) in [7, 11) is 3.16. The summed E-state index contributed by atoms with van der Waals surface area (Å²) in [5.41, 5.74) is 0.730. The van der Waals surface area contributed by atoms with Crippen molar-refractivity contribution in [3.63, 3.8) is 0 Å². The highest BCUT2D eigenvalue weighted by atomic mass is 35.5. The molecule has 1 aliphatic heterocycles. The van der Waals surface area contributed by atoms with E-state index >= 15 is 0 Å². The van der Waals surface area contributed by atoms with E-state index < -0.39 is 0 Å². The molecule has 1 amide bonds. The van der Waals surface area contributed by atoms with Crippen LogP contribution in [0.3, 0.4) is 0 Å². The quantitative estimate of drug-likeness (QED) is 0.893. The van der Waals surface area contributed by atoms with Gasteiger partial charge in [-0.25, -0.2) is 0 Å². The molecule has 1 aliphatic rings. The number of hydrogen-bond donors (Lipinski definition) is 2. The van der Waals surface area contributed by atoms with Crippen LogP contribution in [-0.2, 0) is 4.79 Å². The number of piperidine rings is 1. The lowest BCUT2D eigenvalue weighted by molar-refractivity contribution is -0.120. The number of carbonyl (C=O) groups excluding carboxylic acids is 1. The van der Waals surface area contributed by atoms with Crippen LogP contribution in [0, 0.1) is 5.92 Å². The monoisotopic (exact) mass is 300 g/mol. The molecule has 2 N–H and O–H groups in total. The van der Waals surface area contributed by atoms with E-state index in [1.165, 1.54) is 0 Å². The Morgan fingerprint density at radius 2 is 2.05 bits per heavy atom. The Labute approximate surface area is 125 Å². The van der Waals surface area contributed by atoms with Crippen LogP contribution in [0.4, 0.5) is 5.69 Å². The first-order valence-corrected chi connectivity index (χ1v) is 6.48. The van der Waals surface area contributed by atoms with Crippen molar-refractivity contribution in [2.75, 3.05) is 32.6 Å². The Morgan fingerprint density at radius 3 is 2.65 bits per heavy atom. The number of carbonyl (C=O) groups is 1. The summed E-state index contributed by atoms with van der Waals surface area (Å²) in [5.74, 6) is 1.36. The highest BCUT2D eigenvalue weighted by Gasteiger charge is 2.21. The van der Waals surface area contributed by atoms with Gasteiger partial charge in [-0.05, 0) is 31.5 Å². The Balaban J connectivity index is 0.00000200. The van der Waals surface area contributed by atoms with Gasteiger partial charge in [0.2, 0.25) is 5.91 Å². The fraction of sp³-hybridized carbons (Fsp3) is 0.500. The van der Waals surface area contributed by atoms with Crippen LogP contribution >= 0.6 is 12.4 Å². The minimum absolute atomic E-state index is 0. The van der Waals surface area contributed by atoms with E-state index in [2.05, 4.69) is 10.6 Å². The summed E-state index contributed by atoms with van der Waals surface area (Å²) in [6.45, 7) is 1.75. The first-order chi connectivity index (χ1) is 9.24. The van der Waals surface area contributed by atoms with E-state index in [0.717, 1.165) is 31.6 Å². The predicted molar refractivity (Wildman–Crippen MR) is 81.0 cm³/mol. The average Bonchev–Trinajstić information content (AvgIpc) is 2.48. The molecule has 20 heavy (non-hydrogen) atoms. The van der Waals surface area contributed by atoms with Gasteiger partial charge in [-0.2, -0.15) is 0 Å². The molecule has 112 valence electrons. The SMILES string of the molecule is COc1ccc(NC(=O)C2CCCNC2)cc1OC.Cl. The van der Waals surface area contributed by atoms with Crippen LogP contribution in [0.5, 0.6) is 11.5 Å². The molecule has 0 aromatic heterocycles. The smallest absolute Gasteiger partial charge is 0.228 e. The van der Waals surface area contributed by atoms with Gasteiger partial charge in [0, 0.05) is 18.3 Å². The minimum Gasteiger partial charge on any atom is -0.493 e. The van der Waals surface area contributed by atoms with E-state index in [-0.39, 0.29) is 24.2 Å². The maximum Gasteiger partial charge on any atom is 0.228 e. The fourth-order valence-electron chi connectivity index (χ4n) is 2.23. The summed E-state index contributed by atoms with van der Waals surface area (Å²) in [4.78, 5) is 12.1. The summed E-state index contributed by atoms with van der Waals surface area (Å²) < 4.78 is 10.4. The largest absolute Gasteiger partial charge is 0.493 e. The van der Waals surface area contributed by atoms with Crippen molar-refractivity contribution in [2.24, 2.45) is 5.92 Å². The maximum absolute atomic E-state index is 12.1. The van der Waals surface area contributed by atoms with Gasteiger partial charge in [0.15, 0.2) is 11.5 Å². The molecule has 2 rings (SSSR count). The number of ether oxygens (including phenoxy) is 2. The molecule has 1 heterocycles. The lowest BCUT2D eigenvalue weighted by Crippen LogP contribution is -2.37. The number of benzene rings is 1. The van der Waals surface area contributed by atoms with Crippen molar-refractivity contribution in [1.29, 1.82) is 0 Å². The highest BCUT2D eigenvalue weighted by Crippen LogP contribution is 2.30. The first-order valence-electron chi connectivity index (χ1n) is 6.48. The van der Waals surface area contributed by atoms with Gasteiger partial charge in [-0.15, -0.1) is 12.4 Å². The van der Waals surface area contributed by atoms with Gasteiger partial charge in [-0.3, -0.25) is 4.79 Å². The molecule has 0 radical (unpaired) electrons. The third kappa shape index (κ3) is 4.02. The van der Waals surface area contributed by atoms with E-state index in [4.69, 9.17) is 9.47 Å². The molecule has 1 atom stereocenters. The Hall–Kier alpha value is -1.46. The van der Waals surface area contributed by atoms with Gasteiger partial charge in [-0.1, -0.05) is 0 Å². The lowest BCUT2D eigenvalue weighted by Gasteiger charge is -2.22. The normalized spacial score (nSPS) is 17.8. The van der Waals surface area contributed by atoms with Crippen molar-refractivity contribution < 1.29 is 14.3 Å². The topological polar surface area (TPSA) is 59.6 Å². The molecule has 5 nitrogen and oxygen atoms in total. The molecule has 1 aromatic carbocycles. The van der Waals surface area contributed by atoms with Crippen molar-refractivity contribution in [3.8, 4) is 11.5 Å². The number of halogens is 1. The van der Waals surface area contributed by atoms with E-state index in [0.29, 0.717) is 11.5 Å². The Morgan fingerprint density at radius 1 is 1.30 bits per heavy atom. The van der Waals surface area contributed by atoms with Crippen LogP contribution in [0.25, 0.3) is 0 Å². The summed E-state index contributed by atoms with van der Waals surface area (Å²) in [6, 6.07) is 5.37. The average molecular weight is 301 g/mol. The first kappa shape index (κ1) is 16.6. The molecular formula is C14H21ClN2O3. The number of nitrogens with one attached hydrogen (secondary N) is 2. The molecule has 1 fully saturated rings. The third-order valence-corrected chi connectivity index (χ3v) is 3.32. The van der Waals surface area contributed by atoms with Crippen molar-refractivity contribution in [1.82, 2.24) is 5.32 Å². The van der Waals surface area contributed by atoms with Crippen LogP contribution in [-0.4, -0.2) is 33.2 Å². The predicted octanol–water partition coefficient (Wildman–Crippen LogP) is 2.06. The second-order valence-corrected chi connectivity index (χ2v) is 4.60. The van der Waals surface area contributed by atoms with Crippen LogP contribution in [0.2, 0.25) is 0 Å². The molecule has 0 spiro atoms. The number of amides is 1. The molecule has 1 aromatic rings. The van der Waals surface area contributed by atoms with Crippen LogP contribution in [0.1, 0.15) is 12.8 Å². The van der Waals surface area contributed by atoms with Gasteiger partial charge >= 0.3 is 0 Å². The lowest BCUT2D eigenvalue weighted by atomic mass is 9.99. The molecule has 0 bridgehead atoms. The number of methoxy groups -OCH3 is 2.